The molecule has 1 saturated heterocycles. The average Bonchev–Trinajstić information content (AvgIpc) is 3.28. The molecule has 0 saturated carbocycles. The van der Waals surface area contributed by atoms with E-state index in [-0.39, 0.29) is 18.1 Å². The normalized spacial score (nSPS) is 18.2. The monoisotopic (exact) mass is 515 g/mol. The highest BCUT2D eigenvalue weighted by atomic mass is 16.6. The van der Waals surface area contributed by atoms with E-state index in [2.05, 4.69) is 68.1 Å². The van der Waals surface area contributed by atoms with Crippen LogP contribution in [-0.4, -0.2) is 61.2 Å². The van der Waals surface area contributed by atoms with E-state index in [1.54, 1.807) is 6.20 Å². The van der Waals surface area contributed by atoms with Gasteiger partial charge in [-0.25, -0.2) is 14.8 Å². The lowest BCUT2D eigenvalue weighted by atomic mass is 10.0. The van der Waals surface area contributed by atoms with Crippen molar-refractivity contribution in [1.82, 2.24) is 30.0 Å². The quantitative estimate of drug-likeness (QED) is 0.487. The summed E-state index contributed by atoms with van der Waals surface area (Å²) in [6.07, 6.45) is 4.11. The van der Waals surface area contributed by atoms with Crippen LogP contribution in [0, 0.1) is 0 Å². The maximum absolute atomic E-state index is 12.1. The summed E-state index contributed by atoms with van der Waals surface area (Å²) in [7, 11) is 0. The molecule has 4 heterocycles. The number of aliphatic imine (C=N–C) groups is 1. The molecule has 1 fully saturated rings. The minimum atomic E-state index is -0.479. The number of ether oxygens (including phenoxy) is 1. The first-order valence-electron chi connectivity index (χ1n) is 13.5. The largest absolute Gasteiger partial charge is 0.444 e. The van der Waals surface area contributed by atoms with Crippen LogP contribution in [-0.2, 0) is 11.3 Å². The molecule has 0 radical (unpaired) electrons. The van der Waals surface area contributed by atoms with Crippen LogP contribution in [0.25, 0.3) is 17.1 Å². The van der Waals surface area contributed by atoms with Crippen molar-refractivity contribution in [3.8, 4) is 17.1 Å². The number of nitrogens with one attached hydrogen (secondary N) is 1. The predicted molar refractivity (Wildman–Crippen MR) is 148 cm³/mol. The standard InChI is InChI=1S/C29H37N7O2/c1-6-23-19(2)26-33-34-27(36(26)24-8-7-15-30-25(24)32-23)21-11-9-20(10-12-21)18-35-16-13-22(14-17-35)31-28(37)38-29(3,4)5/h7-12,15,19,22H,6,13-14,16-18H2,1-5H3,(H,31,37). The summed E-state index contributed by atoms with van der Waals surface area (Å²) >= 11 is 0. The van der Waals surface area contributed by atoms with E-state index >= 15 is 0 Å². The molecule has 1 atom stereocenters. The molecule has 1 unspecified atom stereocenters. The maximum atomic E-state index is 12.1. The number of likely N-dealkylation sites (tertiary alicyclic amines) is 1. The van der Waals surface area contributed by atoms with Crippen LogP contribution in [0.1, 0.15) is 71.2 Å². The Kier molecular flexibility index (Phi) is 7.29. The fourth-order valence-corrected chi connectivity index (χ4v) is 5.14. The number of hydrogen-bond acceptors (Lipinski definition) is 7. The lowest BCUT2D eigenvalue weighted by Crippen LogP contribution is -2.45. The molecular formula is C29H37N7O2. The summed E-state index contributed by atoms with van der Waals surface area (Å²) in [4.78, 5) is 23.9. The molecule has 3 aromatic rings. The van der Waals surface area contributed by atoms with E-state index in [1.807, 2.05) is 32.9 Å². The van der Waals surface area contributed by atoms with Gasteiger partial charge in [-0.3, -0.25) is 9.47 Å². The van der Waals surface area contributed by atoms with Gasteiger partial charge in [0.15, 0.2) is 11.6 Å². The number of fused-ring (bicyclic) bond motifs is 3. The van der Waals surface area contributed by atoms with Gasteiger partial charge in [-0.2, -0.15) is 0 Å². The lowest BCUT2D eigenvalue weighted by molar-refractivity contribution is 0.0477. The number of pyridine rings is 1. The van der Waals surface area contributed by atoms with Crippen molar-refractivity contribution in [1.29, 1.82) is 0 Å². The van der Waals surface area contributed by atoms with Crippen LogP contribution < -0.4 is 5.32 Å². The van der Waals surface area contributed by atoms with Crippen LogP contribution in [0.5, 0.6) is 0 Å². The minimum absolute atomic E-state index is 0.0578. The third-order valence-electron chi connectivity index (χ3n) is 7.12. The molecule has 200 valence electrons. The van der Waals surface area contributed by atoms with E-state index in [4.69, 9.17) is 9.73 Å². The van der Waals surface area contributed by atoms with Crippen molar-refractivity contribution in [3.63, 3.8) is 0 Å². The molecule has 1 N–H and O–H groups in total. The average molecular weight is 516 g/mol. The molecule has 0 aliphatic carbocycles. The number of piperidine rings is 1. The summed E-state index contributed by atoms with van der Waals surface area (Å²) in [6.45, 7) is 12.6. The number of amides is 1. The molecule has 0 spiro atoms. The van der Waals surface area contributed by atoms with Gasteiger partial charge in [0.25, 0.3) is 0 Å². The van der Waals surface area contributed by atoms with E-state index < -0.39 is 5.60 Å². The molecular weight excluding hydrogens is 478 g/mol. The lowest BCUT2D eigenvalue weighted by Gasteiger charge is -2.32. The summed E-state index contributed by atoms with van der Waals surface area (Å²) < 4.78 is 7.51. The number of aromatic nitrogens is 4. The smallest absolute Gasteiger partial charge is 0.407 e. The Balaban J connectivity index is 1.26. The fraction of sp³-hybridized carbons (Fsp3) is 0.483. The zero-order valence-corrected chi connectivity index (χ0v) is 22.9. The predicted octanol–water partition coefficient (Wildman–Crippen LogP) is 5.42. The number of rotatable bonds is 5. The highest BCUT2D eigenvalue weighted by Crippen LogP contribution is 2.35. The molecule has 1 aromatic carbocycles. The Labute approximate surface area is 224 Å². The highest BCUT2D eigenvalue weighted by molar-refractivity contribution is 5.93. The molecule has 5 rings (SSSR count). The SMILES string of the molecule is CCC1=Nc2ncccc2-n2c(-c3ccc(CN4CCC(NC(=O)OC(C)(C)C)CC4)cc3)nnc2C1C. The molecule has 2 aliphatic heterocycles. The number of carbonyl (C=O) groups is 1. The second kappa shape index (κ2) is 10.6. The summed E-state index contributed by atoms with van der Waals surface area (Å²) in [5.41, 5.74) is 3.74. The van der Waals surface area contributed by atoms with Gasteiger partial charge in [-0.15, -0.1) is 10.2 Å². The van der Waals surface area contributed by atoms with Crippen molar-refractivity contribution in [3.05, 3.63) is 54.0 Å². The van der Waals surface area contributed by atoms with E-state index in [9.17, 15) is 4.79 Å². The van der Waals surface area contributed by atoms with Crippen LogP contribution >= 0.6 is 0 Å². The number of hydrogen-bond donors (Lipinski definition) is 1. The summed E-state index contributed by atoms with van der Waals surface area (Å²) in [6, 6.07) is 12.7. The third kappa shape index (κ3) is 5.62. The van der Waals surface area contributed by atoms with E-state index in [1.165, 1.54) is 5.56 Å². The zero-order chi connectivity index (χ0) is 26.9. The van der Waals surface area contributed by atoms with Crippen molar-refractivity contribution in [2.24, 2.45) is 4.99 Å². The van der Waals surface area contributed by atoms with E-state index in [0.29, 0.717) is 5.82 Å². The van der Waals surface area contributed by atoms with Crippen LogP contribution in [0.2, 0.25) is 0 Å². The second-order valence-electron chi connectivity index (χ2n) is 11.1. The molecule has 2 aliphatic rings. The number of carbonyl (C=O) groups excluding carboxylic acids is 1. The fourth-order valence-electron chi connectivity index (χ4n) is 5.14. The van der Waals surface area contributed by atoms with Crippen molar-refractivity contribution in [2.45, 2.75) is 78.0 Å². The van der Waals surface area contributed by atoms with Crippen molar-refractivity contribution in [2.75, 3.05) is 13.1 Å². The van der Waals surface area contributed by atoms with Gasteiger partial charge in [0.1, 0.15) is 11.4 Å². The van der Waals surface area contributed by atoms with Gasteiger partial charge in [0.2, 0.25) is 0 Å². The Hall–Kier alpha value is -3.59. The Bertz CT molecular complexity index is 1320. The molecule has 38 heavy (non-hydrogen) atoms. The van der Waals surface area contributed by atoms with Crippen molar-refractivity contribution < 1.29 is 9.53 Å². The maximum Gasteiger partial charge on any atom is 0.407 e. The van der Waals surface area contributed by atoms with Gasteiger partial charge >= 0.3 is 6.09 Å². The van der Waals surface area contributed by atoms with Crippen LogP contribution in [0.15, 0.2) is 47.6 Å². The zero-order valence-electron chi connectivity index (χ0n) is 22.9. The summed E-state index contributed by atoms with van der Waals surface area (Å²) in [5.74, 6) is 2.45. The minimum Gasteiger partial charge on any atom is -0.444 e. The van der Waals surface area contributed by atoms with Gasteiger partial charge < -0.3 is 10.1 Å². The molecule has 9 heteroatoms. The molecule has 9 nitrogen and oxygen atoms in total. The van der Waals surface area contributed by atoms with Gasteiger partial charge in [-0.1, -0.05) is 31.2 Å². The third-order valence-corrected chi connectivity index (χ3v) is 7.12. The first kappa shape index (κ1) is 26.0. The van der Waals surface area contributed by atoms with Gasteiger partial charge in [0.05, 0.1) is 11.6 Å². The second-order valence-corrected chi connectivity index (χ2v) is 11.1. The first-order valence-corrected chi connectivity index (χ1v) is 13.5. The highest BCUT2D eigenvalue weighted by Gasteiger charge is 2.28. The molecule has 1 amide bonds. The van der Waals surface area contributed by atoms with E-state index in [0.717, 1.165) is 67.5 Å². The number of alkyl carbamates (subject to hydrolysis) is 1. The Morgan fingerprint density at radius 2 is 1.84 bits per heavy atom. The topological polar surface area (TPSA) is 97.5 Å². The van der Waals surface area contributed by atoms with Gasteiger partial charge in [-0.05, 0) is 64.7 Å². The van der Waals surface area contributed by atoms with Crippen LogP contribution in [0.3, 0.4) is 0 Å². The number of benzene rings is 1. The Morgan fingerprint density at radius 3 is 2.53 bits per heavy atom. The number of nitrogens with zero attached hydrogens (tertiary/aromatic N) is 6. The van der Waals surface area contributed by atoms with Gasteiger partial charge in [0, 0.05) is 43.1 Å². The summed E-state index contributed by atoms with van der Waals surface area (Å²) in [5, 5.41) is 12.2. The van der Waals surface area contributed by atoms with Crippen molar-refractivity contribution >= 4 is 17.6 Å². The van der Waals surface area contributed by atoms with Crippen LogP contribution in [0.4, 0.5) is 10.6 Å². The molecule has 0 bridgehead atoms. The Morgan fingerprint density at radius 1 is 1.11 bits per heavy atom. The molecule has 2 aromatic heterocycles. The first-order chi connectivity index (χ1) is 18.2.